The van der Waals surface area contributed by atoms with E-state index in [2.05, 4.69) is 0 Å². The van der Waals surface area contributed by atoms with Crippen molar-refractivity contribution < 1.29 is 15.0 Å². The molecule has 0 saturated carbocycles. The van der Waals surface area contributed by atoms with Crippen LogP contribution in [0.3, 0.4) is 0 Å². The molecule has 0 aliphatic rings. The second-order valence-electron chi connectivity index (χ2n) is 6.76. The molecule has 0 spiro atoms. The molecule has 0 aliphatic carbocycles. The van der Waals surface area contributed by atoms with Crippen LogP contribution in [0.1, 0.15) is 78.2 Å². The quantitative estimate of drug-likeness (QED) is 0.758. The maximum absolute atomic E-state index is 11.3. The standard InChI is InChI=1S/C21H27NO3/c1-4-6-20(23)15-7-5-8-19(22)18(15)12-14-9-10-16(21(24)25)17(11-14)13(2)3/h5,7-11,13,20,23H,4,6,12,22H2,1-3H3,(H,24,25)/p-1. The first-order valence-corrected chi connectivity index (χ1v) is 8.74. The number of aliphatic hydroxyl groups excluding tert-OH is 1. The van der Waals surface area contributed by atoms with Crippen LogP contribution >= 0.6 is 0 Å². The Bertz CT molecular complexity index is 753. The molecule has 0 fully saturated rings. The van der Waals surface area contributed by atoms with Crippen molar-refractivity contribution in [2.45, 2.75) is 52.1 Å². The zero-order chi connectivity index (χ0) is 18.6. The van der Waals surface area contributed by atoms with Gasteiger partial charge in [0, 0.05) is 11.3 Å². The Balaban J connectivity index is 2.43. The number of carbonyl (C=O) groups excluding carboxylic acids is 1. The molecule has 1 unspecified atom stereocenters. The van der Waals surface area contributed by atoms with Crippen LogP contribution in [0.4, 0.5) is 5.69 Å². The minimum absolute atomic E-state index is 0.0751. The van der Waals surface area contributed by atoms with E-state index in [-0.39, 0.29) is 11.5 Å². The van der Waals surface area contributed by atoms with Gasteiger partial charge in [0.05, 0.1) is 12.1 Å². The molecule has 2 aromatic rings. The normalized spacial score (nSPS) is 12.4. The van der Waals surface area contributed by atoms with Gasteiger partial charge < -0.3 is 20.7 Å². The summed E-state index contributed by atoms with van der Waals surface area (Å²) in [4.78, 5) is 11.3. The lowest BCUT2D eigenvalue weighted by Gasteiger charge is -2.19. The van der Waals surface area contributed by atoms with Gasteiger partial charge in [-0.05, 0) is 47.1 Å². The fourth-order valence-electron chi connectivity index (χ4n) is 3.16. The molecular formula is C21H26NO3-. The third-order valence-corrected chi connectivity index (χ3v) is 4.51. The second kappa shape index (κ2) is 8.17. The molecule has 2 rings (SSSR count). The van der Waals surface area contributed by atoms with Crippen LogP contribution in [0.5, 0.6) is 0 Å². The van der Waals surface area contributed by atoms with Crippen molar-refractivity contribution in [3.8, 4) is 0 Å². The second-order valence-corrected chi connectivity index (χ2v) is 6.76. The molecule has 3 N–H and O–H groups in total. The number of carbonyl (C=O) groups is 1. The summed E-state index contributed by atoms with van der Waals surface area (Å²) in [6.45, 7) is 5.94. The molecule has 0 heterocycles. The summed E-state index contributed by atoms with van der Waals surface area (Å²) in [7, 11) is 0. The van der Waals surface area contributed by atoms with Gasteiger partial charge in [-0.1, -0.05) is 57.5 Å². The first-order valence-electron chi connectivity index (χ1n) is 8.74. The van der Waals surface area contributed by atoms with Crippen LogP contribution in [0.15, 0.2) is 36.4 Å². The van der Waals surface area contributed by atoms with Gasteiger partial charge in [0.15, 0.2) is 0 Å². The van der Waals surface area contributed by atoms with Gasteiger partial charge in [-0.2, -0.15) is 0 Å². The van der Waals surface area contributed by atoms with Crippen molar-refractivity contribution >= 4 is 11.7 Å². The molecule has 4 nitrogen and oxygen atoms in total. The molecule has 0 saturated heterocycles. The van der Waals surface area contributed by atoms with E-state index >= 15 is 0 Å². The van der Waals surface area contributed by atoms with Gasteiger partial charge >= 0.3 is 0 Å². The number of aromatic carboxylic acids is 1. The summed E-state index contributed by atoms with van der Waals surface area (Å²) in [5, 5.41) is 21.7. The Kier molecular flexibility index (Phi) is 6.21. The number of hydrogen-bond acceptors (Lipinski definition) is 4. The molecule has 2 aromatic carbocycles. The number of nitrogens with two attached hydrogens (primary N) is 1. The van der Waals surface area contributed by atoms with Crippen LogP contribution in [0, 0.1) is 0 Å². The highest BCUT2D eigenvalue weighted by Crippen LogP contribution is 2.30. The van der Waals surface area contributed by atoms with Crippen molar-refractivity contribution in [3.63, 3.8) is 0 Å². The molecule has 4 heteroatoms. The number of benzene rings is 2. The van der Waals surface area contributed by atoms with Gasteiger partial charge in [0.2, 0.25) is 0 Å². The summed E-state index contributed by atoms with van der Waals surface area (Å²) in [5.41, 5.74) is 10.5. The highest BCUT2D eigenvalue weighted by atomic mass is 16.4. The summed E-state index contributed by atoms with van der Waals surface area (Å²) < 4.78 is 0. The van der Waals surface area contributed by atoms with Crippen LogP contribution in [0.2, 0.25) is 0 Å². The highest BCUT2D eigenvalue weighted by molar-refractivity contribution is 5.88. The highest BCUT2D eigenvalue weighted by Gasteiger charge is 2.16. The first-order chi connectivity index (χ1) is 11.8. The van der Waals surface area contributed by atoms with E-state index in [0.29, 0.717) is 18.5 Å². The first kappa shape index (κ1) is 19.0. The summed E-state index contributed by atoms with van der Waals surface area (Å²) in [5.74, 6) is -1.08. The van der Waals surface area contributed by atoms with E-state index in [0.717, 1.165) is 28.7 Å². The monoisotopic (exact) mass is 340 g/mol. The summed E-state index contributed by atoms with van der Waals surface area (Å²) in [6, 6.07) is 10.9. The lowest BCUT2D eigenvalue weighted by Crippen LogP contribution is -2.24. The van der Waals surface area contributed by atoms with E-state index < -0.39 is 12.1 Å². The van der Waals surface area contributed by atoms with E-state index in [1.165, 1.54) is 0 Å². The average Bonchev–Trinajstić information content (AvgIpc) is 2.56. The molecule has 25 heavy (non-hydrogen) atoms. The van der Waals surface area contributed by atoms with E-state index in [1.807, 2.05) is 45.0 Å². The van der Waals surface area contributed by atoms with Gasteiger partial charge in [-0.15, -0.1) is 0 Å². The maximum Gasteiger partial charge on any atom is 0.0793 e. The minimum Gasteiger partial charge on any atom is -0.545 e. The molecule has 0 amide bonds. The van der Waals surface area contributed by atoms with Crippen LogP contribution < -0.4 is 10.8 Å². The van der Waals surface area contributed by atoms with Crippen LogP contribution in [-0.2, 0) is 6.42 Å². The molecule has 134 valence electrons. The smallest absolute Gasteiger partial charge is 0.0793 e. The van der Waals surface area contributed by atoms with Gasteiger partial charge in [-0.25, -0.2) is 0 Å². The molecule has 0 aromatic heterocycles. The SMILES string of the molecule is CCCC(O)c1cccc(N)c1Cc1ccc(C(=O)[O-])c(C(C)C)c1. The number of nitrogen functional groups attached to an aromatic ring is 1. The van der Waals surface area contributed by atoms with Crippen molar-refractivity contribution in [1.29, 1.82) is 0 Å². The van der Waals surface area contributed by atoms with Gasteiger partial charge in [-0.3, -0.25) is 0 Å². The van der Waals surface area contributed by atoms with E-state index in [9.17, 15) is 15.0 Å². The Morgan fingerprint density at radius 3 is 2.52 bits per heavy atom. The number of carboxylic acid groups (broad SMARTS) is 1. The third-order valence-electron chi connectivity index (χ3n) is 4.51. The van der Waals surface area contributed by atoms with Crippen molar-refractivity contribution in [2.75, 3.05) is 5.73 Å². The lowest BCUT2D eigenvalue weighted by atomic mass is 9.90. The molecule has 0 aliphatic heterocycles. The number of rotatable bonds is 7. The van der Waals surface area contributed by atoms with Gasteiger partial charge in [0.25, 0.3) is 0 Å². The Hall–Kier alpha value is -2.33. The Morgan fingerprint density at radius 2 is 1.92 bits per heavy atom. The van der Waals surface area contributed by atoms with E-state index in [4.69, 9.17) is 5.73 Å². The molecule has 0 bridgehead atoms. The predicted octanol–water partition coefficient (Wildman–Crippen LogP) is 3.18. The summed E-state index contributed by atoms with van der Waals surface area (Å²) >= 11 is 0. The number of anilines is 1. The van der Waals surface area contributed by atoms with Crippen molar-refractivity contribution in [3.05, 3.63) is 64.2 Å². The lowest BCUT2D eigenvalue weighted by molar-refractivity contribution is -0.255. The predicted molar refractivity (Wildman–Crippen MR) is 98.4 cm³/mol. The van der Waals surface area contributed by atoms with E-state index in [1.54, 1.807) is 12.1 Å². The number of hydrogen-bond donors (Lipinski definition) is 2. The zero-order valence-electron chi connectivity index (χ0n) is 15.1. The Labute approximate surface area is 149 Å². The van der Waals surface area contributed by atoms with Crippen LogP contribution in [-0.4, -0.2) is 11.1 Å². The molecule has 0 radical (unpaired) electrons. The largest absolute Gasteiger partial charge is 0.545 e. The maximum atomic E-state index is 11.3. The Morgan fingerprint density at radius 1 is 1.20 bits per heavy atom. The van der Waals surface area contributed by atoms with Gasteiger partial charge in [0.1, 0.15) is 0 Å². The third kappa shape index (κ3) is 4.40. The topological polar surface area (TPSA) is 86.4 Å². The molecular weight excluding hydrogens is 314 g/mol. The van der Waals surface area contributed by atoms with Crippen molar-refractivity contribution in [2.24, 2.45) is 0 Å². The van der Waals surface area contributed by atoms with Crippen LogP contribution in [0.25, 0.3) is 0 Å². The fraction of sp³-hybridized carbons (Fsp3) is 0.381. The number of carboxylic acids is 1. The minimum atomic E-state index is -1.16. The number of aliphatic hydroxyl groups is 1. The molecule has 1 atom stereocenters. The average molecular weight is 340 g/mol. The summed E-state index contributed by atoms with van der Waals surface area (Å²) in [6.07, 6.45) is 1.57. The van der Waals surface area contributed by atoms with Crippen molar-refractivity contribution in [1.82, 2.24) is 0 Å². The fourth-order valence-corrected chi connectivity index (χ4v) is 3.16. The zero-order valence-corrected chi connectivity index (χ0v) is 15.1.